The number of benzene rings is 1. The van der Waals surface area contributed by atoms with E-state index in [-0.39, 0.29) is 11.3 Å². The number of aliphatic hydroxyl groups excluding tert-OH is 1. The number of hydrogen-bond donors (Lipinski definition) is 1. The van der Waals surface area contributed by atoms with Crippen molar-refractivity contribution in [3.05, 3.63) is 65.5 Å². The van der Waals surface area contributed by atoms with Crippen LogP contribution in [0.2, 0.25) is 0 Å². The molecule has 0 bridgehead atoms. The fourth-order valence-electron chi connectivity index (χ4n) is 3.27. The zero-order chi connectivity index (χ0) is 19.4. The SMILES string of the molecule is CCCN1C(=O)C(=O)/C(=C(\O)c2ccc(OCC)cc2)C1c1cccnc1. The van der Waals surface area contributed by atoms with E-state index >= 15 is 0 Å². The molecule has 1 amide bonds. The van der Waals surface area contributed by atoms with E-state index < -0.39 is 17.7 Å². The summed E-state index contributed by atoms with van der Waals surface area (Å²) in [6.07, 6.45) is 3.94. The summed E-state index contributed by atoms with van der Waals surface area (Å²) in [5.41, 5.74) is 1.24. The van der Waals surface area contributed by atoms with Gasteiger partial charge in [0.05, 0.1) is 18.2 Å². The fraction of sp³-hybridized carbons (Fsp3) is 0.286. The van der Waals surface area contributed by atoms with Crippen molar-refractivity contribution in [2.75, 3.05) is 13.2 Å². The van der Waals surface area contributed by atoms with Gasteiger partial charge in [0.2, 0.25) is 0 Å². The van der Waals surface area contributed by atoms with Gasteiger partial charge in [-0.25, -0.2) is 0 Å². The van der Waals surface area contributed by atoms with Crippen molar-refractivity contribution >= 4 is 17.4 Å². The molecular weight excluding hydrogens is 344 g/mol. The van der Waals surface area contributed by atoms with Gasteiger partial charge in [-0.3, -0.25) is 14.6 Å². The second-order valence-corrected chi connectivity index (χ2v) is 6.24. The summed E-state index contributed by atoms with van der Waals surface area (Å²) in [4.78, 5) is 30.9. The van der Waals surface area contributed by atoms with Crippen LogP contribution in [0.15, 0.2) is 54.4 Å². The summed E-state index contributed by atoms with van der Waals surface area (Å²) in [6, 6.07) is 9.70. The van der Waals surface area contributed by atoms with E-state index in [1.54, 1.807) is 48.8 Å². The molecule has 0 aliphatic carbocycles. The number of carbonyl (C=O) groups excluding carboxylic acids is 2. The van der Waals surface area contributed by atoms with Gasteiger partial charge in [0.15, 0.2) is 0 Å². The van der Waals surface area contributed by atoms with Crippen molar-refractivity contribution in [1.29, 1.82) is 0 Å². The Hall–Kier alpha value is -3.15. The summed E-state index contributed by atoms with van der Waals surface area (Å²) in [5, 5.41) is 10.9. The standard InChI is InChI=1S/C21H22N2O4/c1-3-12-23-18(15-6-5-11-22-13-15)17(20(25)21(23)26)19(24)14-7-9-16(10-8-14)27-4-2/h5-11,13,18,24H,3-4,12H2,1-2H3/b19-17-. The first-order chi connectivity index (χ1) is 13.1. The molecule has 1 N–H and O–H groups in total. The number of carbonyl (C=O) groups is 2. The van der Waals surface area contributed by atoms with E-state index in [2.05, 4.69) is 4.98 Å². The number of aromatic nitrogens is 1. The number of likely N-dealkylation sites (tertiary alicyclic amines) is 1. The first-order valence-electron chi connectivity index (χ1n) is 9.00. The van der Waals surface area contributed by atoms with Gasteiger partial charge in [-0.2, -0.15) is 0 Å². The zero-order valence-corrected chi connectivity index (χ0v) is 15.4. The molecule has 1 aliphatic heterocycles. The molecule has 2 aromatic rings. The Morgan fingerprint density at radius 2 is 1.93 bits per heavy atom. The molecule has 6 heteroatoms. The Morgan fingerprint density at radius 1 is 1.19 bits per heavy atom. The highest BCUT2D eigenvalue weighted by atomic mass is 16.5. The van der Waals surface area contributed by atoms with E-state index in [0.717, 1.165) is 0 Å². The van der Waals surface area contributed by atoms with Crippen LogP contribution in [0.1, 0.15) is 37.4 Å². The topological polar surface area (TPSA) is 79.7 Å². The Morgan fingerprint density at radius 3 is 2.52 bits per heavy atom. The lowest BCUT2D eigenvalue weighted by molar-refractivity contribution is -0.139. The van der Waals surface area contributed by atoms with Crippen LogP contribution in [-0.4, -0.2) is 39.8 Å². The van der Waals surface area contributed by atoms with Crippen molar-refractivity contribution in [3.8, 4) is 5.75 Å². The molecule has 27 heavy (non-hydrogen) atoms. The van der Waals surface area contributed by atoms with Crippen molar-refractivity contribution in [2.45, 2.75) is 26.3 Å². The first kappa shape index (κ1) is 18.6. The second kappa shape index (κ2) is 8.03. The molecule has 1 aliphatic rings. The Balaban J connectivity index is 2.10. The predicted octanol–water partition coefficient (Wildman–Crippen LogP) is 3.31. The maximum Gasteiger partial charge on any atom is 0.295 e. The van der Waals surface area contributed by atoms with E-state index in [0.29, 0.717) is 36.4 Å². The maximum atomic E-state index is 12.7. The lowest BCUT2D eigenvalue weighted by Crippen LogP contribution is -2.30. The van der Waals surface area contributed by atoms with Gasteiger partial charge < -0.3 is 14.7 Å². The fourth-order valence-corrected chi connectivity index (χ4v) is 3.27. The van der Waals surface area contributed by atoms with Crippen molar-refractivity contribution < 1.29 is 19.4 Å². The third-order valence-electron chi connectivity index (χ3n) is 4.44. The molecular formula is C21H22N2O4. The van der Waals surface area contributed by atoms with Crippen LogP contribution in [0, 0.1) is 0 Å². The summed E-state index contributed by atoms with van der Waals surface area (Å²) in [6.45, 7) is 4.78. The molecule has 0 spiro atoms. The van der Waals surface area contributed by atoms with Crippen molar-refractivity contribution in [1.82, 2.24) is 9.88 Å². The second-order valence-electron chi connectivity index (χ2n) is 6.24. The molecule has 0 radical (unpaired) electrons. The van der Waals surface area contributed by atoms with Gasteiger partial charge in [0.1, 0.15) is 11.5 Å². The minimum absolute atomic E-state index is 0.0885. The third-order valence-corrected chi connectivity index (χ3v) is 4.44. The summed E-state index contributed by atoms with van der Waals surface area (Å²) in [5.74, 6) is -0.796. The smallest absolute Gasteiger partial charge is 0.295 e. The number of hydrogen-bond acceptors (Lipinski definition) is 5. The molecule has 1 aromatic carbocycles. The van der Waals surface area contributed by atoms with Gasteiger partial charge >= 0.3 is 0 Å². The van der Waals surface area contributed by atoms with Crippen LogP contribution < -0.4 is 4.74 Å². The minimum Gasteiger partial charge on any atom is -0.507 e. The molecule has 1 unspecified atom stereocenters. The molecule has 2 heterocycles. The number of pyridine rings is 1. The summed E-state index contributed by atoms with van der Waals surface area (Å²) < 4.78 is 5.41. The van der Waals surface area contributed by atoms with E-state index in [4.69, 9.17) is 4.74 Å². The molecule has 1 saturated heterocycles. The molecule has 0 saturated carbocycles. The number of nitrogens with zero attached hydrogens (tertiary/aromatic N) is 2. The Bertz CT molecular complexity index is 860. The van der Waals surface area contributed by atoms with Crippen LogP contribution in [-0.2, 0) is 9.59 Å². The quantitative estimate of drug-likeness (QED) is 0.482. The Labute approximate surface area is 158 Å². The van der Waals surface area contributed by atoms with Gasteiger partial charge in [-0.15, -0.1) is 0 Å². The highest BCUT2D eigenvalue weighted by molar-refractivity contribution is 6.46. The lowest BCUT2D eigenvalue weighted by atomic mass is 9.96. The molecule has 1 aromatic heterocycles. The van der Waals surface area contributed by atoms with E-state index in [1.807, 2.05) is 13.8 Å². The Kier molecular flexibility index (Phi) is 5.54. The molecule has 140 valence electrons. The third kappa shape index (κ3) is 3.56. The van der Waals surface area contributed by atoms with Crippen molar-refractivity contribution in [3.63, 3.8) is 0 Å². The number of rotatable bonds is 6. The monoisotopic (exact) mass is 366 g/mol. The number of ketones is 1. The van der Waals surface area contributed by atoms with Crippen molar-refractivity contribution in [2.24, 2.45) is 0 Å². The molecule has 3 rings (SSSR count). The van der Waals surface area contributed by atoms with Gasteiger partial charge in [0, 0.05) is 24.5 Å². The largest absolute Gasteiger partial charge is 0.507 e. The average molecular weight is 366 g/mol. The first-order valence-corrected chi connectivity index (χ1v) is 9.00. The molecule has 1 atom stereocenters. The number of aliphatic hydroxyl groups is 1. The van der Waals surface area contributed by atoms with Crippen LogP contribution in [0.3, 0.4) is 0 Å². The number of amides is 1. The summed E-state index contributed by atoms with van der Waals surface area (Å²) in [7, 11) is 0. The van der Waals surface area contributed by atoms with Gasteiger partial charge in [0.25, 0.3) is 11.7 Å². The minimum atomic E-state index is -0.677. The van der Waals surface area contributed by atoms with Crippen LogP contribution in [0.25, 0.3) is 5.76 Å². The summed E-state index contributed by atoms with van der Waals surface area (Å²) >= 11 is 0. The maximum absolute atomic E-state index is 12.7. The van der Waals surface area contributed by atoms with E-state index in [1.165, 1.54) is 4.90 Å². The highest BCUT2D eigenvalue weighted by Crippen LogP contribution is 2.39. The van der Waals surface area contributed by atoms with Gasteiger partial charge in [-0.05, 0) is 49.2 Å². The zero-order valence-electron chi connectivity index (χ0n) is 15.4. The average Bonchev–Trinajstić information content (AvgIpc) is 2.94. The molecule has 6 nitrogen and oxygen atoms in total. The number of ether oxygens (including phenoxy) is 1. The molecule has 1 fully saturated rings. The number of Topliss-reactive ketones (excluding diaryl/α,β-unsaturated/α-hetero) is 1. The normalized spacial score (nSPS) is 18.7. The van der Waals surface area contributed by atoms with Crippen LogP contribution >= 0.6 is 0 Å². The van der Waals surface area contributed by atoms with E-state index in [9.17, 15) is 14.7 Å². The van der Waals surface area contributed by atoms with Crippen LogP contribution in [0.4, 0.5) is 0 Å². The lowest BCUT2D eigenvalue weighted by Gasteiger charge is -2.24. The highest BCUT2D eigenvalue weighted by Gasteiger charge is 2.45. The van der Waals surface area contributed by atoms with Gasteiger partial charge in [-0.1, -0.05) is 13.0 Å². The van der Waals surface area contributed by atoms with Crippen LogP contribution in [0.5, 0.6) is 5.75 Å². The predicted molar refractivity (Wildman–Crippen MR) is 101 cm³/mol.